The van der Waals surface area contributed by atoms with E-state index in [1.165, 1.54) is 11.8 Å². The Morgan fingerprint density at radius 3 is 2.88 bits per heavy atom. The Morgan fingerprint density at radius 2 is 2.31 bits per heavy atom. The van der Waals surface area contributed by atoms with Gasteiger partial charge in [-0.3, -0.25) is 9.78 Å². The molecule has 1 saturated heterocycles. The highest BCUT2D eigenvalue weighted by molar-refractivity contribution is 7.99. The third-order valence-electron chi connectivity index (χ3n) is 4.09. The van der Waals surface area contributed by atoms with Crippen molar-refractivity contribution in [2.75, 3.05) is 6.54 Å². The number of carbonyl (C=O) groups is 2. The summed E-state index contributed by atoms with van der Waals surface area (Å²) in [5.41, 5.74) is 5.94. The van der Waals surface area contributed by atoms with Crippen molar-refractivity contribution in [3.05, 3.63) is 30.1 Å². The van der Waals surface area contributed by atoms with E-state index in [4.69, 9.17) is 15.7 Å². The number of amides is 2. The Balaban J connectivity index is 2.17. The monoisotopic (exact) mass is 380 g/mol. The third kappa shape index (κ3) is 4.85. The Morgan fingerprint density at radius 1 is 1.58 bits per heavy atom. The zero-order valence-electron chi connectivity index (χ0n) is 14.6. The maximum absolute atomic E-state index is 13.7. The van der Waals surface area contributed by atoms with E-state index in [2.05, 4.69) is 4.98 Å². The topological polar surface area (TPSA) is 109 Å². The van der Waals surface area contributed by atoms with E-state index in [-0.39, 0.29) is 13.0 Å². The lowest BCUT2D eigenvalue weighted by Crippen LogP contribution is -2.52. The molecular formula is C17H21FN4O3S. The average molecular weight is 380 g/mol. The summed E-state index contributed by atoms with van der Waals surface area (Å²) in [6.07, 6.45) is -2.00. The lowest BCUT2D eigenvalue weighted by atomic mass is 10.0. The van der Waals surface area contributed by atoms with Gasteiger partial charge >= 0.3 is 6.09 Å². The van der Waals surface area contributed by atoms with Crippen LogP contribution in [0.4, 0.5) is 9.18 Å². The Bertz CT molecular complexity index is 695. The van der Waals surface area contributed by atoms with Gasteiger partial charge in [-0.2, -0.15) is 5.26 Å². The number of alkyl halides is 1. The zero-order chi connectivity index (χ0) is 19.3. The summed E-state index contributed by atoms with van der Waals surface area (Å²) in [6, 6.07) is 6.52. The molecule has 0 spiro atoms. The van der Waals surface area contributed by atoms with Crippen LogP contribution in [0.1, 0.15) is 26.0 Å². The number of hydrogen-bond acceptors (Lipinski definition) is 6. The molecule has 2 N–H and O–H groups in total. The van der Waals surface area contributed by atoms with Gasteiger partial charge in [0.2, 0.25) is 0 Å². The van der Waals surface area contributed by atoms with Gasteiger partial charge in [-0.05, 0) is 26.0 Å². The number of hydrogen-bond donors (Lipinski definition) is 1. The molecule has 26 heavy (non-hydrogen) atoms. The second kappa shape index (κ2) is 8.36. The Hall–Kier alpha value is -2.34. The van der Waals surface area contributed by atoms with Crippen LogP contribution in [-0.4, -0.2) is 51.5 Å². The maximum atomic E-state index is 13.7. The van der Waals surface area contributed by atoms with E-state index in [9.17, 15) is 14.0 Å². The second-order valence-corrected chi connectivity index (χ2v) is 8.13. The molecule has 1 fully saturated rings. The molecule has 2 rings (SSSR count). The highest BCUT2D eigenvalue weighted by Crippen LogP contribution is 2.35. The van der Waals surface area contributed by atoms with E-state index in [0.29, 0.717) is 5.75 Å². The molecule has 2 amide bonds. The first-order valence-electron chi connectivity index (χ1n) is 8.08. The number of likely N-dealkylation sites (tertiary alicyclic amines) is 1. The first-order valence-corrected chi connectivity index (χ1v) is 9.07. The van der Waals surface area contributed by atoms with Crippen LogP contribution in [0.5, 0.6) is 0 Å². The molecule has 0 aromatic carbocycles. The molecule has 1 aromatic heterocycles. The lowest BCUT2D eigenvalue weighted by Gasteiger charge is -2.34. The van der Waals surface area contributed by atoms with Crippen LogP contribution in [0.3, 0.4) is 0 Å². The van der Waals surface area contributed by atoms with Crippen molar-refractivity contribution in [2.45, 2.75) is 49.1 Å². The fourth-order valence-corrected chi connectivity index (χ4v) is 3.72. The van der Waals surface area contributed by atoms with Crippen LogP contribution < -0.4 is 5.73 Å². The van der Waals surface area contributed by atoms with Gasteiger partial charge in [0.05, 0.1) is 23.1 Å². The van der Waals surface area contributed by atoms with Gasteiger partial charge in [0.25, 0.3) is 5.91 Å². The molecule has 7 nitrogen and oxygen atoms in total. The van der Waals surface area contributed by atoms with Crippen LogP contribution in [-0.2, 0) is 15.3 Å². The van der Waals surface area contributed by atoms with Gasteiger partial charge in [0.1, 0.15) is 12.2 Å². The molecule has 2 heterocycles. The largest absolute Gasteiger partial charge is 0.435 e. The van der Waals surface area contributed by atoms with E-state index in [0.717, 1.165) is 10.6 Å². The molecule has 140 valence electrons. The normalized spacial score (nSPS) is 21.1. The highest BCUT2D eigenvalue weighted by atomic mass is 32.2. The number of halogens is 1. The van der Waals surface area contributed by atoms with Crippen LogP contribution in [0.15, 0.2) is 24.4 Å². The summed E-state index contributed by atoms with van der Waals surface area (Å²) in [6.45, 7) is 3.27. The minimum absolute atomic E-state index is 0.0486. The minimum atomic E-state index is -1.28. The van der Waals surface area contributed by atoms with Crippen LogP contribution in [0.25, 0.3) is 0 Å². The number of thioether (sulfide) groups is 1. The summed E-state index contributed by atoms with van der Waals surface area (Å²) in [7, 11) is 0. The number of aromatic nitrogens is 1. The third-order valence-corrected chi connectivity index (χ3v) is 5.49. The molecular weight excluding hydrogens is 359 g/mol. The molecule has 1 aliphatic rings. The number of carbonyl (C=O) groups excluding carboxylic acids is 2. The van der Waals surface area contributed by atoms with Gasteiger partial charge in [-0.25, -0.2) is 9.18 Å². The van der Waals surface area contributed by atoms with Crippen molar-refractivity contribution in [3.63, 3.8) is 0 Å². The van der Waals surface area contributed by atoms with E-state index in [1.54, 1.807) is 26.1 Å². The van der Waals surface area contributed by atoms with Gasteiger partial charge in [0.15, 0.2) is 6.10 Å². The van der Waals surface area contributed by atoms with E-state index >= 15 is 0 Å². The van der Waals surface area contributed by atoms with Gasteiger partial charge < -0.3 is 15.4 Å². The fourth-order valence-electron chi connectivity index (χ4n) is 2.73. The number of primary amides is 1. The summed E-state index contributed by atoms with van der Waals surface area (Å²) < 4.78 is 17.9. The summed E-state index contributed by atoms with van der Waals surface area (Å²) >= 11 is 1.36. The molecule has 3 atom stereocenters. The summed E-state index contributed by atoms with van der Waals surface area (Å²) in [5.74, 6) is -0.137. The minimum Gasteiger partial charge on any atom is -0.435 e. The second-order valence-electron chi connectivity index (χ2n) is 6.50. The van der Waals surface area contributed by atoms with Crippen LogP contribution >= 0.6 is 11.8 Å². The predicted molar refractivity (Wildman–Crippen MR) is 94.7 cm³/mol. The fraction of sp³-hybridized carbons (Fsp3) is 0.529. The number of pyridine rings is 1. The molecule has 0 radical (unpaired) electrons. The Labute approximate surface area is 155 Å². The lowest BCUT2D eigenvalue weighted by molar-refractivity contribution is -0.141. The standard InChI is InChI=1S/C17H21FN4O3S/c1-17(2,26-10-12-5-3-4-6-21-12)14(25-16(20)24)15(23)22-9-11(18)7-13(22)8-19/h3-6,11,13-14H,7,9-10H2,1-2H3,(H2,20,24)/t11-,13-,14+/m0/s1. The number of nitriles is 1. The molecule has 0 unspecified atom stereocenters. The number of nitrogens with zero attached hydrogens (tertiary/aromatic N) is 3. The maximum Gasteiger partial charge on any atom is 0.405 e. The summed E-state index contributed by atoms with van der Waals surface area (Å²) in [5, 5.41) is 9.17. The first kappa shape index (κ1) is 20.0. The van der Waals surface area contributed by atoms with E-state index in [1.807, 2.05) is 18.2 Å². The first-order chi connectivity index (χ1) is 12.2. The molecule has 0 aliphatic carbocycles. The molecule has 0 bridgehead atoms. The van der Waals surface area contributed by atoms with Crippen LogP contribution in [0, 0.1) is 11.3 Å². The van der Waals surface area contributed by atoms with Crippen molar-refractivity contribution >= 4 is 23.8 Å². The number of rotatable bonds is 6. The van der Waals surface area contributed by atoms with Gasteiger partial charge in [0, 0.05) is 18.4 Å². The number of nitrogens with two attached hydrogens (primary N) is 1. The molecule has 0 saturated carbocycles. The smallest absolute Gasteiger partial charge is 0.405 e. The van der Waals surface area contributed by atoms with Gasteiger partial charge in [-0.1, -0.05) is 6.07 Å². The van der Waals surface area contributed by atoms with E-state index < -0.39 is 35.1 Å². The number of ether oxygens (including phenoxy) is 1. The highest BCUT2D eigenvalue weighted by Gasteiger charge is 2.45. The van der Waals surface area contributed by atoms with Crippen molar-refractivity contribution in [1.29, 1.82) is 5.26 Å². The van der Waals surface area contributed by atoms with Crippen molar-refractivity contribution < 1.29 is 18.7 Å². The molecule has 1 aliphatic heterocycles. The Kier molecular flexibility index (Phi) is 6.42. The molecule has 9 heteroatoms. The van der Waals surface area contributed by atoms with Crippen LogP contribution in [0.2, 0.25) is 0 Å². The van der Waals surface area contributed by atoms with Crippen molar-refractivity contribution in [1.82, 2.24) is 9.88 Å². The van der Waals surface area contributed by atoms with Crippen molar-refractivity contribution in [2.24, 2.45) is 5.73 Å². The predicted octanol–water partition coefficient (Wildman–Crippen LogP) is 2.02. The van der Waals surface area contributed by atoms with Gasteiger partial charge in [-0.15, -0.1) is 11.8 Å². The zero-order valence-corrected chi connectivity index (χ0v) is 15.4. The average Bonchev–Trinajstić information content (AvgIpc) is 2.99. The SMILES string of the molecule is CC(C)(SCc1ccccn1)[C@H](OC(N)=O)C(=O)N1C[C@@H](F)C[C@H]1C#N. The molecule has 1 aromatic rings. The van der Waals surface area contributed by atoms with Crippen molar-refractivity contribution in [3.8, 4) is 6.07 Å². The quantitative estimate of drug-likeness (QED) is 0.809. The summed E-state index contributed by atoms with van der Waals surface area (Å²) in [4.78, 5) is 29.6.